The number of benzene rings is 2. The highest BCUT2D eigenvalue weighted by Crippen LogP contribution is 2.29. The van der Waals surface area contributed by atoms with E-state index in [0.29, 0.717) is 43.1 Å². The van der Waals surface area contributed by atoms with Gasteiger partial charge in [0.05, 0.1) is 12.5 Å². The molecule has 26 heavy (non-hydrogen) atoms. The lowest BCUT2D eigenvalue weighted by molar-refractivity contribution is 0.616. The Morgan fingerprint density at radius 1 is 0.615 bits per heavy atom. The van der Waals surface area contributed by atoms with Gasteiger partial charge in [-0.25, -0.2) is 0 Å². The van der Waals surface area contributed by atoms with E-state index in [1.807, 2.05) is 24.3 Å². The van der Waals surface area contributed by atoms with E-state index in [-0.39, 0.29) is 11.1 Å². The van der Waals surface area contributed by atoms with Crippen molar-refractivity contribution in [1.29, 1.82) is 21.0 Å². The lowest BCUT2D eigenvalue weighted by Crippen LogP contribution is -2.09. The van der Waals surface area contributed by atoms with Gasteiger partial charge in [0.15, 0.2) is 0 Å². The largest absolute Gasteiger partial charge is 0.464 e. The summed E-state index contributed by atoms with van der Waals surface area (Å²) in [5, 5.41) is 40.4. The third kappa shape index (κ3) is 1.88. The van der Waals surface area contributed by atoms with Crippen LogP contribution in [-0.4, -0.2) is 0 Å². The van der Waals surface area contributed by atoms with E-state index in [0.717, 1.165) is 0 Å². The first-order valence-corrected chi connectivity index (χ1v) is 7.42. The molecule has 0 aliphatic rings. The molecule has 0 fully saturated rings. The lowest BCUT2D eigenvalue weighted by atomic mass is 9.99. The van der Waals surface area contributed by atoms with Crippen molar-refractivity contribution < 1.29 is 8.83 Å². The summed E-state index contributed by atoms with van der Waals surface area (Å²) < 4.78 is 11.2. The molecule has 118 valence electrons. The van der Waals surface area contributed by atoms with Crippen molar-refractivity contribution in [3.05, 3.63) is 47.2 Å². The normalized spacial score (nSPS) is 10.2. The fourth-order valence-electron chi connectivity index (χ4n) is 3.14. The highest BCUT2D eigenvalue weighted by molar-refractivity contribution is 6.15. The predicted octanol–water partition coefficient (Wildman–Crippen LogP) is 2.73. The van der Waals surface area contributed by atoms with Crippen LogP contribution >= 0.6 is 0 Å². The minimum Gasteiger partial charge on any atom is -0.464 e. The van der Waals surface area contributed by atoms with Crippen LogP contribution in [0.1, 0.15) is 0 Å². The monoisotopic (exact) mass is 334 g/mol. The average molecular weight is 334 g/mol. The Kier molecular flexibility index (Phi) is 3.20. The molecule has 0 bridgehead atoms. The Balaban J connectivity index is 2.44. The van der Waals surface area contributed by atoms with Crippen LogP contribution in [0.4, 0.5) is 0 Å². The van der Waals surface area contributed by atoms with Crippen LogP contribution < -0.4 is 10.4 Å². The van der Waals surface area contributed by atoms with E-state index >= 15 is 0 Å². The molecule has 6 nitrogen and oxygen atoms in total. The van der Waals surface area contributed by atoms with Crippen molar-refractivity contribution in [3.8, 4) is 24.3 Å². The van der Waals surface area contributed by atoms with Crippen LogP contribution in [0, 0.1) is 45.3 Å². The second-order valence-electron chi connectivity index (χ2n) is 5.47. The molecule has 6 heteroatoms. The fourth-order valence-corrected chi connectivity index (χ4v) is 3.14. The van der Waals surface area contributed by atoms with E-state index in [2.05, 4.69) is 0 Å². The molecule has 0 N–H and O–H groups in total. The van der Waals surface area contributed by atoms with Crippen LogP contribution in [0.5, 0.6) is 0 Å². The number of hydrogen-bond donors (Lipinski definition) is 0. The zero-order chi connectivity index (χ0) is 18.3. The molecule has 0 spiro atoms. The average Bonchev–Trinajstić information content (AvgIpc) is 3.33. The molecule has 0 saturated heterocycles. The molecule has 0 atom stereocenters. The van der Waals surface area contributed by atoms with Crippen molar-refractivity contribution in [1.82, 2.24) is 0 Å². The summed E-state index contributed by atoms with van der Waals surface area (Å²) >= 11 is 0. The standard InChI is InChI=1S/C20H6N4O2/c21-7-11(8-22)15-5-18-17(19-13(15)1-3-25-19)6-16(12(9-23)10-24)14-2-4-26-20(14)18/h1-6H. The summed E-state index contributed by atoms with van der Waals surface area (Å²) in [5.41, 5.74) is 0.831. The topological polar surface area (TPSA) is 121 Å². The Morgan fingerprint density at radius 2 is 1.00 bits per heavy atom. The van der Waals surface area contributed by atoms with Gasteiger partial charge in [0, 0.05) is 32.0 Å². The van der Waals surface area contributed by atoms with Gasteiger partial charge >= 0.3 is 0 Å². The van der Waals surface area contributed by atoms with Gasteiger partial charge in [-0.05, 0) is 24.3 Å². The zero-order valence-electron chi connectivity index (χ0n) is 13.1. The molecule has 0 aliphatic carbocycles. The Labute approximate surface area is 145 Å². The Bertz CT molecular complexity index is 1370. The molecule has 0 saturated carbocycles. The van der Waals surface area contributed by atoms with Crippen LogP contribution in [0.2, 0.25) is 0 Å². The maximum absolute atomic E-state index is 9.26. The molecule has 0 radical (unpaired) electrons. The molecular formula is C20H6N4O2. The van der Waals surface area contributed by atoms with E-state index < -0.39 is 0 Å². The molecule has 0 unspecified atom stereocenters. The van der Waals surface area contributed by atoms with Gasteiger partial charge in [0.1, 0.15) is 46.6 Å². The minimum absolute atomic E-state index is 0.0385. The molecule has 2 aromatic carbocycles. The van der Waals surface area contributed by atoms with E-state index in [1.54, 1.807) is 24.3 Å². The number of rotatable bonds is 0. The Morgan fingerprint density at radius 3 is 1.35 bits per heavy atom. The van der Waals surface area contributed by atoms with Gasteiger partial charge in [-0.15, -0.1) is 0 Å². The maximum atomic E-state index is 9.26. The van der Waals surface area contributed by atoms with Crippen molar-refractivity contribution in [3.63, 3.8) is 0 Å². The second-order valence-corrected chi connectivity index (χ2v) is 5.47. The number of nitriles is 4. The van der Waals surface area contributed by atoms with Crippen molar-refractivity contribution in [2.45, 2.75) is 0 Å². The van der Waals surface area contributed by atoms with E-state index in [1.165, 1.54) is 12.5 Å². The van der Waals surface area contributed by atoms with Gasteiger partial charge in [-0.1, -0.05) is 0 Å². The number of furan rings is 2. The molecule has 4 aromatic rings. The maximum Gasteiger partial charge on any atom is 0.142 e. The molecule has 2 aromatic heterocycles. The van der Waals surface area contributed by atoms with Crippen molar-refractivity contribution in [2.75, 3.05) is 0 Å². The predicted molar refractivity (Wildman–Crippen MR) is 92.0 cm³/mol. The summed E-state index contributed by atoms with van der Waals surface area (Å²) in [7, 11) is 0. The van der Waals surface area contributed by atoms with Crippen LogP contribution in [-0.2, 0) is 0 Å². The van der Waals surface area contributed by atoms with Gasteiger partial charge in [0.2, 0.25) is 0 Å². The van der Waals surface area contributed by atoms with Crippen LogP contribution in [0.15, 0.2) is 45.6 Å². The first kappa shape index (κ1) is 15.0. The summed E-state index contributed by atoms with van der Waals surface area (Å²) in [5.74, 6) is 0. The highest BCUT2D eigenvalue weighted by Gasteiger charge is 2.15. The number of hydrogen-bond acceptors (Lipinski definition) is 6. The second kappa shape index (κ2) is 5.53. The first-order valence-electron chi connectivity index (χ1n) is 7.42. The molecule has 2 heterocycles. The number of fused-ring (bicyclic) bond motifs is 5. The summed E-state index contributed by atoms with van der Waals surface area (Å²) in [6.07, 6.45) is 2.93. The highest BCUT2D eigenvalue weighted by atomic mass is 16.3. The zero-order valence-corrected chi connectivity index (χ0v) is 13.1. The van der Waals surface area contributed by atoms with E-state index in [9.17, 15) is 21.0 Å². The lowest BCUT2D eigenvalue weighted by Gasteiger charge is -2.03. The molecule has 0 amide bonds. The Hall–Kier alpha value is -4.52. The van der Waals surface area contributed by atoms with Gasteiger partial charge in [-0.2, -0.15) is 21.0 Å². The summed E-state index contributed by atoms with van der Waals surface area (Å²) in [6, 6.07) is 14.3. The van der Waals surface area contributed by atoms with Crippen LogP contribution in [0.25, 0.3) is 43.9 Å². The third-order valence-corrected chi connectivity index (χ3v) is 4.25. The van der Waals surface area contributed by atoms with Crippen molar-refractivity contribution in [2.24, 2.45) is 0 Å². The molecule has 4 rings (SSSR count). The SMILES string of the molecule is N#CC(C#N)=c1cc2c(cc(=C(C#N)C#N)c3ccoc32)c2occc12. The first-order chi connectivity index (χ1) is 12.7. The fraction of sp³-hybridized carbons (Fsp3) is 0. The minimum atomic E-state index is -0.0385. The number of nitrogens with zero attached hydrogens (tertiary/aromatic N) is 4. The molecular weight excluding hydrogens is 328 g/mol. The summed E-state index contributed by atoms with van der Waals surface area (Å²) in [6.45, 7) is 0. The molecule has 0 aliphatic heterocycles. The van der Waals surface area contributed by atoms with Crippen molar-refractivity contribution >= 4 is 43.9 Å². The van der Waals surface area contributed by atoms with E-state index in [4.69, 9.17) is 8.83 Å². The van der Waals surface area contributed by atoms with Crippen LogP contribution in [0.3, 0.4) is 0 Å². The third-order valence-electron chi connectivity index (χ3n) is 4.25. The van der Waals surface area contributed by atoms with Gasteiger partial charge in [0.25, 0.3) is 0 Å². The summed E-state index contributed by atoms with van der Waals surface area (Å²) in [4.78, 5) is 0. The quantitative estimate of drug-likeness (QED) is 0.487. The van der Waals surface area contributed by atoms with Gasteiger partial charge in [-0.3, -0.25) is 0 Å². The van der Waals surface area contributed by atoms with Gasteiger partial charge < -0.3 is 8.83 Å². The smallest absolute Gasteiger partial charge is 0.142 e.